The molecule has 5 rings (SSSR count). The fourth-order valence-electron chi connectivity index (χ4n) is 3.20. The second kappa shape index (κ2) is 7.94. The maximum atomic E-state index is 12.3. The third kappa shape index (κ3) is 3.85. The van der Waals surface area contributed by atoms with Crippen LogP contribution < -0.4 is 19.8 Å². The Bertz CT molecular complexity index is 1280. The molecule has 0 spiro atoms. The van der Waals surface area contributed by atoms with Crippen LogP contribution >= 0.6 is 0 Å². The van der Waals surface area contributed by atoms with Crippen LogP contribution in [0.3, 0.4) is 0 Å². The summed E-state index contributed by atoms with van der Waals surface area (Å²) in [5.41, 5.74) is 1.93. The highest BCUT2D eigenvalue weighted by atomic mass is 16.7. The van der Waals surface area contributed by atoms with E-state index in [2.05, 4.69) is 15.2 Å². The second-order valence-electron chi connectivity index (χ2n) is 6.75. The molecule has 1 aliphatic heterocycles. The van der Waals surface area contributed by atoms with Crippen LogP contribution in [0.5, 0.6) is 17.2 Å². The van der Waals surface area contributed by atoms with Gasteiger partial charge in [0, 0.05) is 17.2 Å². The Balaban J connectivity index is 1.38. The van der Waals surface area contributed by atoms with Crippen LogP contribution in [0.2, 0.25) is 0 Å². The number of nitrogens with zero attached hydrogens (tertiary/aromatic N) is 4. The Kier molecular flexibility index (Phi) is 4.83. The van der Waals surface area contributed by atoms with E-state index < -0.39 is 0 Å². The molecule has 9 heteroatoms. The zero-order chi connectivity index (χ0) is 21.2. The van der Waals surface area contributed by atoms with E-state index in [4.69, 9.17) is 18.7 Å². The highest BCUT2D eigenvalue weighted by Gasteiger charge is 2.16. The van der Waals surface area contributed by atoms with Crippen molar-refractivity contribution in [3.05, 3.63) is 70.8 Å². The van der Waals surface area contributed by atoms with Crippen LogP contribution in [0.4, 0.5) is 0 Å². The summed E-state index contributed by atoms with van der Waals surface area (Å²) in [6.45, 7) is 2.77. The summed E-state index contributed by atoms with van der Waals surface area (Å²) in [6.07, 6.45) is 0. The van der Waals surface area contributed by atoms with E-state index in [1.165, 1.54) is 10.7 Å². The van der Waals surface area contributed by atoms with Gasteiger partial charge in [-0.05, 0) is 55.5 Å². The lowest BCUT2D eigenvalue weighted by Gasteiger charge is -2.06. The minimum atomic E-state index is -0.273. The first-order chi connectivity index (χ1) is 15.2. The monoisotopic (exact) mass is 418 g/mol. The highest BCUT2D eigenvalue weighted by Crippen LogP contribution is 2.35. The summed E-state index contributed by atoms with van der Waals surface area (Å²) in [5.74, 6) is 2.81. The van der Waals surface area contributed by atoms with E-state index >= 15 is 0 Å². The van der Waals surface area contributed by atoms with Crippen LogP contribution in [0.1, 0.15) is 12.8 Å². The molecule has 0 fully saturated rings. The third-order valence-corrected chi connectivity index (χ3v) is 4.71. The Morgan fingerprint density at radius 2 is 1.81 bits per heavy atom. The first-order valence-electron chi connectivity index (χ1n) is 9.73. The Labute approximate surface area is 176 Å². The predicted octanol–water partition coefficient (Wildman–Crippen LogP) is 3.14. The van der Waals surface area contributed by atoms with Crippen molar-refractivity contribution in [3.63, 3.8) is 0 Å². The van der Waals surface area contributed by atoms with Gasteiger partial charge in [-0.3, -0.25) is 4.79 Å². The summed E-state index contributed by atoms with van der Waals surface area (Å²) >= 11 is 0. The van der Waals surface area contributed by atoms with Gasteiger partial charge in [0.15, 0.2) is 11.5 Å². The van der Waals surface area contributed by atoms with Gasteiger partial charge in [0.1, 0.15) is 12.3 Å². The average molecular weight is 418 g/mol. The first-order valence-corrected chi connectivity index (χ1v) is 9.73. The van der Waals surface area contributed by atoms with Gasteiger partial charge < -0.3 is 18.7 Å². The standard InChI is InChI=1S/C22H18N4O5/c1-2-28-16-6-3-14(4-7-16)22-23-20(31-25-22)12-26-21(27)10-8-17(24-26)15-5-9-18-19(11-15)30-13-29-18/h3-11H,2,12-13H2,1H3. The molecule has 3 heterocycles. The normalized spacial score (nSPS) is 12.2. The van der Waals surface area contributed by atoms with Crippen molar-refractivity contribution in [2.45, 2.75) is 13.5 Å². The SMILES string of the molecule is CCOc1ccc(-c2noc(Cn3nc(-c4ccc5c(c4)OCO5)ccc3=O)n2)cc1. The minimum Gasteiger partial charge on any atom is -0.494 e. The zero-order valence-electron chi connectivity index (χ0n) is 16.6. The van der Waals surface area contributed by atoms with Gasteiger partial charge in [0.25, 0.3) is 5.56 Å². The number of hydrogen-bond donors (Lipinski definition) is 0. The lowest BCUT2D eigenvalue weighted by Crippen LogP contribution is -2.23. The third-order valence-electron chi connectivity index (χ3n) is 4.71. The van der Waals surface area contributed by atoms with E-state index in [0.29, 0.717) is 29.6 Å². The summed E-state index contributed by atoms with van der Waals surface area (Å²) in [7, 11) is 0. The van der Waals surface area contributed by atoms with Crippen molar-refractivity contribution in [1.82, 2.24) is 19.9 Å². The Hall–Kier alpha value is -4.14. The van der Waals surface area contributed by atoms with Crippen molar-refractivity contribution in [3.8, 4) is 39.9 Å². The molecular formula is C22H18N4O5. The van der Waals surface area contributed by atoms with Crippen LogP contribution in [0.25, 0.3) is 22.6 Å². The van der Waals surface area contributed by atoms with Gasteiger partial charge in [-0.15, -0.1) is 0 Å². The van der Waals surface area contributed by atoms with Crippen molar-refractivity contribution in [2.75, 3.05) is 13.4 Å². The molecule has 0 N–H and O–H groups in total. The maximum absolute atomic E-state index is 12.3. The van der Waals surface area contributed by atoms with Crippen LogP contribution in [0, 0.1) is 0 Å². The fourth-order valence-corrected chi connectivity index (χ4v) is 3.20. The summed E-state index contributed by atoms with van der Waals surface area (Å²) < 4.78 is 22.8. The molecule has 156 valence electrons. The van der Waals surface area contributed by atoms with Crippen molar-refractivity contribution >= 4 is 0 Å². The topological polar surface area (TPSA) is 102 Å². The minimum absolute atomic E-state index is 0.0568. The van der Waals surface area contributed by atoms with Crippen LogP contribution in [0.15, 0.2) is 63.9 Å². The number of hydrogen-bond acceptors (Lipinski definition) is 8. The zero-order valence-corrected chi connectivity index (χ0v) is 16.6. The van der Waals surface area contributed by atoms with E-state index in [9.17, 15) is 4.79 Å². The predicted molar refractivity (Wildman–Crippen MR) is 110 cm³/mol. The van der Waals surface area contributed by atoms with Gasteiger partial charge in [-0.2, -0.15) is 10.1 Å². The fraction of sp³-hybridized carbons (Fsp3) is 0.182. The van der Waals surface area contributed by atoms with Crippen LogP contribution in [-0.2, 0) is 6.54 Å². The van der Waals surface area contributed by atoms with E-state index in [0.717, 1.165) is 16.9 Å². The number of aromatic nitrogens is 4. The molecule has 2 aromatic heterocycles. The van der Waals surface area contributed by atoms with Crippen molar-refractivity contribution in [1.29, 1.82) is 0 Å². The second-order valence-corrected chi connectivity index (χ2v) is 6.75. The molecule has 0 unspecified atom stereocenters. The number of benzene rings is 2. The Morgan fingerprint density at radius 3 is 2.65 bits per heavy atom. The van der Waals surface area contributed by atoms with Crippen molar-refractivity contribution < 1.29 is 18.7 Å². The maximum Gasteiger partial charge on any atom is 0.267 e. The molecule has 31 heavy (non-hydrogen) atoms. The van der Waals surface area contributed by atoms with E-state index in [1.54, 1.807) is 6.07 Å². The molecule has 0 saturated carbocycles. The van der Waals surface area contributed by atoms with Crippen molar-refractivity contribution in [2.24, 2.45) is 0 Å². The number of rotatable bonds is 6. The molecule has 0 atom stereocenters. The lowest BCUT2D eigenvalue weighted by atomic mass is 10.1. The quantitative estimate of drug-likeness (QED) is 0.471. The molecule has 0 amide bonds. The summed E-state index contributed by atoms with van der Waals surface area (Å²) in [5, 5.41) is 8.45. The molecule has 0 bridgehead atoms. The molecular weight excluding hydrogens is 400 g/mol. The van der Waals surface area contributed by atoms with Gasteiger partial charge >= 0.3 is 0 Å². The molecule has 2 aromatic carbocycles. The van der Waals surface area contributed by atoms with Gasteiger partial charge in [0.05, 0.1) is 12.3 Å². The van der Waals surface area contributed by atoms with E-state index in [1.807, 2.05) is 49.4 Å². The van der Waals surface area contributed by atoms with Gasteiger partial charge in [-0.1, -0.05) is 5.16 Å². The van der Waals surface area contributed by atoms with Crippen LogP contribution in [-0.4, -0.2) is 33.3 Å². The molecule has 0 saturated heterocycles. The highest BCUT2D eigenvalue weighted by molar-refractivity contribution is 5.64. The van der Waals surface area contributed by atoms with E-state index in [-0.39, 0.29) is 24.8 Å². The first kappa shape index (κ1) is 18.9. The molecule has 0 radical (unpaired) electrons. The molecule has 1 aliphatic rings. The van der Waals surface area contributed by atoms with Gasteiger partial charge in [-0.25, -0.2) is 4.68 Å². The summed E-state index contributed by atoms with van der Waals surface area (Å²) in [4.78, 5) is 16.7. The smallest absolute Gasteiger partial charge is 0.267 e. The Morgan fingerprint density at radius 1 is 1.00 bits per heavy atom. The largest absolute Gasteiger partial charge is 0.494 e. The molecule has 9 nitrogen and oxygen atoms in total. The average Bonchev–Trinajstić information content (AvgIpc) is 3.45. The lowest BCUT2D eigenvalue weighted by molar-refractivity contribution is 0.174. The number of ether oxygens (including phenoxy) is 3. The molecule has 4 aromatic rings. The summed E-state index contributed by atoms with van der Waals surface area (Å²) in [6, 6.07) is 16.0. The number of fused-ring (bicyclic) bond motifs is 1. The van der Waals surface area contributed by atoms with Gasteiger partial charge in [0.2, 0.25) is 18.5 Å². The molecule has 0 aliphatic carbocycles.